The molecule has 0 fully saturated rings. The number of anilines is 2. The van der Waals surface area contributed by atoms with Crippen molar-refractivity contribution in [2.45, 2.75) is 39.5 Å². The molecule has 2 rings (SSSR count). The van der Waals surface area contributed by atoms with Crippen LogP contribution >= 0.6 is 11.6 Å². The van der Waals surface area contributed by atoms with Gasteiger partial charge in [-0.3, -0.25) is 9.10 Å². The Kier molecular flexibility index (Phi) is 8.64. The fraction of sp³-hybridized carbons (Fsp3) is 0.409. The summed E-state index contributed by atoms with van der Waals surface area (Å²) in [7, 11) is -4.08. The molecule has 33 heavy (non-hydrogen) atoms. The van der Waals surface area contributed by atoms with Gasteiger partial charge in [-0.25, -0.2) is 8.42 Å². The molecule has 11 heteroatoms. The smallest absolute Gasteiger partial charge is 0.372 e. The lowest BCUT2D eigenvalue weighted by Gasteiger charge is -2.29. The molecule has 0 spiro atoms. The monoisotopic (exact) mass is 505 g/mol. The number of hydrogen-bond donors (Lipinski definition) is 1. The number of nitrogens with one attached hydrogen (secondary N) is 1. The molecule has 2 aromatic rings. The number of carbonyl (C=O) groups excluding carboxylic acids is 1. The summed E-state index contributed by atoms with van der Waals surface area (Å²) in [5.41, 5.74) is 0.342. The highest BCUT2D eigenvalue weighted by molar-refractivity contribution is 7.92. The highest BCUT2D eigenvalue weighted by Crippen LogP contribution is 2.37. The summed E-state index contributed by atoms with van der Waals surface area (Å²) in [6, 6.07) is 8.97. The van der Waals surface area contributed by atoms with Crippen molar-refractivity contribution in [1.82, 2.24) is 5.32 Å². The molecule has 2 aromatic carbocycles. The van der Waals surface area contributed by atoms with E-state index in [2.05, 4.69) is 10.2 Å². The number of nitrogens with zero attached hydrogens (tertiary/aromatic N) is 2. The quantitative estimate of drug-likeness (QED) is 0.537. The molecule has 0 saturated heterocycles. The van der Waals surface area contributed by atoms with Gasteiger partial charge in [-0.05, 0) is 56.7 Å². The third-order valence-corrected chi connectivity index (χ3v) is 6.70. The molecule has 182 valence electrons. The van der Waals surface area contributed by atoms with Crippen molar-refractivity contribution in [3.63, 3.8) is 0 Å². The van der Waals surface area contributed by atoms with E-state index in [1.807, 2.05) is 38.1 Å². The van der Waals surface area contributed by atoms with Crippen LogP contribution in [0, 0.1) is 0 Å². The molecule has 1 atom stereocenters. The molecular formula is C22H27ClF3N3O3S. The average Bonchev–Trinajstić information content (AvgIpc) is 2.73. The number of hydrogen-bond acceptors (Lipinski definition) is 4. The maximum atomic E-state index is 13.2. The van der Waals surface area contributed by atoms with E-state index in [-0.39, 0.29) is 12.2 Å². The van der Waals surface area contributed by atoms with E-state index in [0.29, 0.717) is 10.4 Å². The summed E-state index contributed by atoms with van der Waals surface area (Å²) >= 11 is 5.64. The van der Waals surface area contributed by atoms with Crippen LogP contribution in [0.2, 0.25) is 5.02 Å². The molecule has 1 N–H and O–H groups in total. The number of alkyl halides is 3. The first kappa shape index (κ1) is 26.8. The zero-order chi connectivity index (χ0) is 25.0. The molecule has 0 aliphatic rings. The summed E-state index contributed by atoms with van der Waals surface area (Å²) in [5, 5.41) is 2.08. The summed E-state index contributed by atoms with van der Waals surface area (Å²) in [6.45, 7) is 7.24. The van der Waals surface area contributed by atoms with Crippen LogP contribution in [0.3, 0.4) is 0 Å². The van der Waals surface area contributed by atoms with Gasteiger partial charge in [0.05, 0.1) is 22.5 Å². The summed E-state index contributed by atoms with van der Waals surface area (Å²) in [6.07, 6.45) is -3.95. The average molecular weight is 506 g/mol. The Hall–Kier alpha value is -2.46. The van der Waals surface area contributed by atoms with Gasteiger partial charge in [-0.1, -0.05) is 23.7 Å². The summed E-state index contributed by atoms with van der Waals surface area (Å²) < 4.78 is 65.2. The predicted molar refractivity (Wildman–Crippen MR) is 125 cm³/mol. The van der Waals surface area contributed by atoms with Crippen LogP contribution in [0.15, 0.2) is 42.5 Å². The molecule has 0 heterocycles. The fourth-order valence-corrected chi connectivity index (χ4v) is 4.82. The Balaban J connectivity index is 2.22. The minimum absolute atomic E-state index is 0.133. The van der Waals surface area contributed by atoms with E-state index in [1.165, 1.54) is 6.92 Å². The van der Waals surface area contributed by atoms with Crippen molar-refractivity contribution in [2.75, 3.05) is 28.6 Å². The molecule has 0 aliphatic heterocycles. The number of rotatable bonds is 9. The van der Waals surface area contributed by atoms with Crippen LogP contribution in [0.25, 0.3) is 0 Å². The summed E-state index contributed by atoms with van der Waals surface area (Å²) in [4.78, 5) is 14.9. The van der Waals surface area contributed by atoms with E-state index in [4.69, 9.17) is 11.6 Å². The molecule has 0 aliphatic carbocycles. The van der Waals surface area contributed by atoms with Gasteiger partial charge in [0.25, 0.3) is 0 Å². The van der Waals surface area contributed by atoms with Gasteiger partial charge < -0.3 is 10.2 Å². The number of amides is 1. The Morgan fingerprint density at radius 3 is 2.09 bits per heavy atom. The maximum Gasteiger partial charge on any atom is 0.417 e. The minimum atomic E-state index is -4.78. The van der Waals surface area contributed by atoms with E-state index in [1.54, 1.807) is 0 Å². The van der Waals surface area contributed by atoms with E-state index in [0.717, 1.165) is 42.7 Å². The van der Waals surface area contributed by atoms with Gasteiger partial charge >= 0.3 is 6.18 Å². The second-order valence-electron chi connectivity index (χ2n) is 7.45. The van der Waals surface area contributed by atoms with Gasteiger partial charge in [0.2, 0.25) is 15.9 Å². The third kappa shape index (κ3) is 6.77. The first-order valence-electron chi connectivity index (χ1n) is 10.3. The standard InChI is InChI=1S/C22H27ClF3N3O3S/c1-5-28(6-2)17-9-7-16(8-10-17)14-27-21(30)15(3)29(33(4,31)32)18-11-12-20(23)19(13-18)22(24,25)26/h7-13,15H,5-6,14H2,1-4H3,(H,27,30)/t15-/m0/s1. The van der Waals surface area contributed by atoms with Gasteiger partial charge in [-0.15, -0.1) is 0 Å². The van der Waals surface area contributed by atoms with Crippen molar-refractivity contribution in [1.29, 1.82) is 0 Å². The van der Waals surface area contributed by atoms with Crippen molar-refractivity contribution in [2.24, 2.45) is 0 Å². The Morgan fingerprint density at radius 2 is 1.61 bits per heavy atom. The normalized spacial score (nSPS) is 12.8. The van der Waals surface area contributed by atoms with E-state index >= 15 is 0 Å². The van der Waals surface area contributed by atoms with E-state index in [9.17, 15) is 26.4 Å². The van der Waals surface area contributed by atoms with E-state index < -0.39 is 38.7 Å². The first-order chi connectivity index (χ1) is 15.3. The van der Waals surface area contributed by atoms with Crippen LogP contribution in [0.5, 0.6) is 0 Å². The molecular weight excluding hydrogens is 479 g/mol. The molecule has 0 saturated carbocycles. The minimum Gasteiger partial charge on any atom is -0.372 e. The number of carbonyl (C=O) groups is 1. The van der Waals surface area contributed by atoms with Gasteiger partial charge in [0, 0.05) is 25.3 Å². The van der Waals surface area contributed by atoms with Crippen LogP contribution in [-0.4, -0.2) is 39.7 Å². The molecule has 6 nitrogen and oxygen atoms in total. The number of halogens is 4. The maximum absolute atomic E-state index is 13.2. The predicted octanol–water partition coefficient (Wildman–Crippen LogP) is 4.68. The lowest BCUT2D eigenvalue weighted by Crippen LogP contribution is -2.47. The topological polar surface area (TPSA) is 69.7 Å². The number of benzene rings is 2. The Bertz CT molecular complexity index is 1070. The third-order valence-electron chi connectivity index (χ3n) is 5.13. The first-order valence-corrected chi connectivity index (χ1v) is 12.5. The van der Waals surface area contributed by atoms with Crippen LogP contribution in [-0.2, 0) is 27.5 Å². The van der Waals surface area contributed by atoms with Crippen molar-refractivity contribution in [3.8, 4) is 0 Å². The van der Waals surface area contributed by atoms with Crippen LogP contribution in [0.4, 0.5) is 24.5 Å². The SMILES string of the molecule is CCN(CC)c1ccc(CNC(=O)[C@H](C)N(c2ccc(Cl)c(C(F)(F)F)c2)S(C)(=O)=O)cc1. The van der Waals surface area contributed by atoms with Gasteiger partial charge in [0.1, 0.15) is 6.04 Å². The molecule has 0 radical (unpaired) electrons. The Morgan fingerprint density at radius 1 is 1.06 bits per heavy atom. The molecule has 0 aromatic heterocycles. The summed E-state index contributed by atoms with van der Waals surface area (Å²) in [5.74, 6) is -0.656. The zero-order valence-corrected chi connectivity index (χ0v) is 20.4. The fourth-order valence-electron chi connectivity index (χ4n) is 3.43. The Labute approximate surface area is 197 Å². The zero-order valence-electron chi connectivity index (χ0n) is 18.8. The molecule has 0 unspecified atom stereocenters. The van der Waals surface area contributed by atoms with Gasteiger partial charge in [-0.2, -0.15) is 13.2 Å². The van der Waals surface area contributed by atoms with Crippen LogP contribution in [0.1, 0.15) is 31.9 Å². The highest BCUT2D eigenvalue weighted by atomic mass is 35.5. The molecule has 1 amide bonds. The lowest BCUT2D eigenvalue weighted by molar-refractivity contribution is -0.137. The van der Waals surface area contributed by atoms with Crippen molar-refractivity contribution < 1.29 is 26.4 Å². The van der Waals surface area contributed by atoms with Crippen molar-refractivity contribution >= 4 is 38.9 Å². The van der Waals surface area contributed by atoms with Crippen molar-refractivity contribution in [3.05, 3.63) is 58.6 Å². The largest absolute Gasteiger partial charge is 0.417 e. The van der Waals surface area contributed by atoms with Crippen LogP contribution < -0.4 is 14.5 Å². The lowest BCUT2D eigenvalue weighted by atomic mass is 10.1. The second-order valence-corrected chi connectivity index (χ2v) is 9.72. The molecule has 0 bridgehead atoms. The van der Waals surface area contributed by atoms with Gasteiger partial charge in [0.15, 0.2) is 0 Å². The highest BCUT2D eigenvalue weighted by Gasteiger charge is 2.36. The number of sulfonamides is 1. The second kappa shape index (κ2) is 10.6.